The second-order valence-corrected chi connectivity index (χ2v) is 7.86. The van der Waals surface area contributed by atoms with Crippen molar-refractivity contribution in [2.45, 2.75) is 64.5 Å². The van der Waals surface area contributed by atoms with Crippen molar-refractivity contribution >= 4 is 8.80 Å². The van der Waals surface area contributed by atoms with Gasteiger partial charge in [0.1, 0.15) is 8.80 Å². The van der Waals surface area contributed by atoms with Crippen LogP contribution >= 0.6 is 0 Å². The Morgan fingerprint density at radius 1 is 1.07 bits per heavy atom. The minimum atomic E-state index is -0.625. The third-order valence-electron chi connectivity index (χ3n) is 3.41. The Bertz CT molecular complexity index is 189. The molecule has 1 saturated carbocycles. The lowest BCUT2D eigenvalue weighted by Crippen LogP contribution is -2.07. The topological polar surface area (TPSA) is 0 Å². The van der Waals surface area contributed by atoms with Gasteiger partial charge in [-0.3, -0.25) is 0 Å². The molecular weight excluding hydrogens is 184 g/mol. The second-order valence-electron chi connectivity index (χ2n) is 4.54. The summed E-state index contributed by atoms with van der Waals surface area (Å²) in [6.07, 6.45) is 8.45. The molecule has 0 aromatic heterocycles. The zero-order valence-electron chi connectivity index (χ0n) is 9.81. The first-order chi connectivity index (χ1) is 6.86. The van der Waals surface area contributed by atoms with Crippen molar-refractivity contribution in [2.24, 2.45) is 5.92 Å². The highest BCUT2D eigenvalue weighted by molar-refractivity contribution is 6.67. The van der Waals surface area contributed by atoms with Gasteiger partial charge in [-0.15, -0.1) is 11.5 Å². The molecule has 0 aromatic rings. The number of rotatable bonds is 3. The van der Waals surface area contributed by atoms with Crippen molar-refractivity contribution in [1.82, 2.24) is 0 Å². The van der Waals surface area contributed by atoms with Gasteiger partial charge in [-0.2, -0.15) is 0 Å². The SMILES string of the molecule is CC[SiH](C#CCC1CCCCC1)CC. The van der Waals surface area contributed by atoms with Gasteiger partial charge in [0.2, 0.25) is 0 Å². The van der Waals surface area contributed by atoms with Gasteiger partial charge in [0, 0.05) is 6.42 Å². The first-order valence-electron chi connectivity index (χ1n) is 6.35. The van der Waals surface area contributed by atoms with Gasteiger partial charge in [-0.1, -0.05) is 45.2 Å². The summed E-state index contributed by atoms with van der Waals surface area (Å²) in [6.45, 7) is 4.60. The summed E-state index contributed by atoms with van der Waals surface area (Å²) in [6, 6.07) is 2.71. The molecule has 0 atom stereocenters. The van der Waals surface area contributed by atoms with E-state index in [9.17, 15) is 0 Å². The molecule has 1 aliphatic carbocycles. The summed E-state index contributed by atoms with van der Waals surface area (Å²) in [7, 11) is -0.625. The predicted octanol–water partition coefficient (Wildman–Crippen LogP) is 3.77. The van der Waals surface area contributed by atoms with Crippen LogP contribution in [0.2, 0.25) is 12.1 Å². The largest absolute Gasteiger partial charge is 0.135 e. The van der Waals surface area contributed by atoms with E-state index in [1.54, 1.807) is 0 Å². The van der Waals surface area contributed by atoms with Crippen molar-refractivity contribution in [1.29, 1.82) is 0 Å². The summed E-state index contributed by atoms with van der Waals surface area (Å²) in [4.78, 5) is 0. The van der Waals surface area contributed by atoms with Crippen LogP contribution in [0.15, 0.2) is 0 Å². The van der Waals surface area contributed by atoms with Gasteiger partial charge in [0.25, 0.3) is 0 Å². The molecule has 0 heterocycles. The molecule has 0 saturated heterocycles. The van der Waals surface area contributed by atoms with Crippen LogP contribution in [0.25, 0.3) is 0 Å². The van der Waals surface area contributed by atoms with Crippen LogP contribution in [0.1, 0.15) is 52.4 Å². The predicted molar refractivity (Wildman–Crippen MR) is 67.1 cm³/mol. The molecule has 0 unspecified atom stereocenters. The van der Waals surface area contributed by atoms with E-state index in [1.165, 1.54) is 50.6 Å². The van der Waals surface area contributed by atoms with Crippen molar-refractivity contribution in [3.05, 3.63) is 0 Å². The van der Waals surface area contributed by atoms with E-state index >= 15 is 0 Å². The van der Waals surface area contributed by atoms with Crippen LogP contribution in [-0.4, -0.2) is 8.80 Å². The Morgan fingerprint density at radius 3 is 2.29 bits per heavy atom. The van der Waals surface area contributed by atoms with Crippen molar-refractivity contribution in [3.63, 3.8) is 0 Å². The van der Waals surface area contributed by atoms with E-state index in [1.807, 2.05) is 0 Å². The monoisotopic (exact) mass is 208 g/mol. The standard InChI is InChI=1S/C13H24Si/c1-3-14(4-2)12-8-11-13-9-6-5-7-10-13/h13-14H,3-7,9-11H2,1-2H3. The van der Waals surface area contributed by atoms with Gasteiger partial charge in [0.05, 0.1) is 0 Å². The molecule has 1 rings (SSSR count). The Balaban J connectivity index is 2.22. The summed E-state index contributed by atoms with van der Waals surface area (Å²) < 4.78 is 0. The van der Waals surface area contributed by atoms with E-state index in [2.05, 4.69) is 25.3 Å². The highest BCUT2D eigenvalue weighted by atomic mass is 28.3. The average molecular weight is 208 g/mol. The van der Waals surface area contributed by atoms with Crippen LogP contribution in [0, 0.1) is 17.4 Å². The summed E-state index contributed by atoms with van der Waals surface area (Å²) in [5.74, 6) is 4.41. The Morgan fingerprint density at radius 2 is 1.71 bits per heavy atom. The van der Waals surface area contributed by atoms with E-state index < -0.39 is 8.80 Å². The van der Waals surface area contributed by atoms with E-state index in [4.69, 9.17) is 0 Å². The van der Waals surface area contributed by atoms with Crippen molar-refractivity contribution in [3.8, 4) is 11.5 Å². The Kier molecular flexibility index (Phi) is 6.03. The third-order valence-corrected chi connectivity index (χ3v) is 5.99. The van der Waals surface area contributed by atoms with Gasteiger partial charge in [-0.05, 0) is 18.8 Å². The normalized spacial score (nSPS) is 17.9. The molecule has 14 heavy (non-hydrogen) atoms. The molecule has 1 heteroatoms. The van der Waals surface area contributed by atoms with Gasteiger partial charge in [-0.25, -0.2) is 0 Å². The maximum absolute atomic E-state index is 3.56. The van der Waals surface area contributed by atoms with E-state index in [0.29, 0.717) is 0 Å². The quantitative estimate of drug-likeness (QED) is 0.489. The smallest absolute Gasteiger partial charge is 0.122 e. The highest BCUT2D eigenvalue weighted by Gasteiger charge is 2.11. The molecule has 1 aliphatic rings. The van der Waals surface area contributed by atoms with E-state index in [-0.39, 0.29) is 0 Å². The maximum Gasteiger partial charge on any atom is 0.122 e. The number of hydrogen-bond donors (Lipinski definition) is 0. The molecule has 0 amide bonds. The second kappa shape index (κ2) is 7.12. The lowest BCUT2D eigenvalue weighted by atomic mass is 9.87. The van der Waals surface area contributed by atoms with E-state index in [0.717, 1.165) is 5.92 Å². The fourth-order valence-electron chi connectivity index (χ4n) is 2.23. The zero-order valence-corrected chi connectivity index (χ0v) is 11.0. The first-order valence-corrected chi connectivity index (χ1v) is 8.56. The molecule has 0 N–H and O–H groups in total. The molecule has 80 valence electrons. The number of hydrogen-bond acceptors (Lipinski definition) is 0. The molecule has 0 aliphatic heterocycles. The molecule has 0 radical (unpaired) electrons. The van der Waals surface area contributed by atoms with Gasteiger partial charge < -0.3 is 0 Å². The fourth-order valence-corrected chi connectivity index (χ4v) is 3.62. The summed E-state index contributed by atoms with van der Waals surface area (Å²) >= 11 is 0. The first kappa shape index (κ1) is 11.8. The van der Waals surface area contributed by atoms with Crippen LogP contribution in [0.5, 0.6) is 0 Å². The average Bonchev–Trinajstić information content (AvgIpc) is 2.26. The van der Waals surface area contributed by atoms with Crippen molar-refractivity contribution < 1.29 is 0 Å². The molecule has 1 fully saturated rings. The van der Waals surface area contributed by atoms with Crippen LogP contribution < -0.4 is 0 Å². The van der Waals surface area contributed by atoms with Gasteiger partial charge in [0.15, 0.2) is 0 Å². The highest BCUT2D eigenvalue weighted by Crippen LogP contribution is 2.25. The molecule has 0 spiro atoms. The van der Waals surface area contributed by atoms with Crippen LogP contribution in [0.4, 0.5) is 0 Å². The Hall–Kier alpha value is -0.223. The summed E-state index contributed by atoms with van der Waals surface area (Å²) in [5.41, 5.74) is 3.56. The molecular formula is C13H24Si. The molecule has 0 nitrogen and oxygen atoms in total. The maximum atomic E-state index is 3.56. The van der Waals surface area contributed by atoms with Crippen LogP contribution in [-0.2, 0) is 0 Å². The zero-order chi connectivity index (χ0) is 10.2. The van der Waals surface area contributed by atoms with Crippen molar-refractivity contribution in [2.75, 3.05) is 0 Å². The minimum Gasteiger partial charge on any atom is -0.135 e. The summed E-state index contributed by atoms with van der Waals surface area (Å²) in [5, 5.41) is 0. The molecule has 0 aromatic carbocycles. The fraction of sp³-hybridized carbons (Fsp3) is 0.846. The molecule has 0 bridgehead atoms. The Labute approximate surface area is 91.1 Å². The lowest BCUT2D eigenvalue weighted by molar-refractivity contribution is 0.365. The lowest BCUT2D eigenvalue weighted by Gasteiger charge is -2.18. The third kappa shape index (κ3) is 4.33. The minimum absolute atomic E-state index is 0.625. The van der Waals surface area contributed by atoms with Gasteiger partial charge >= 0.3 is 0 Å². The van der Waals surface area contributed by atoms with Crippen LogP contribution in [0.3, 0.4) is 0 Å².